The number of likely N-dealkylation sites (N-methyl/N-ethyl adjacent to an activating group) is 1. The van der Waals surface area contributed by atoms with Gasteiger partial charge in [-0.2, -0.15) is 0 Å². The molecule has 2 rings (SSSR count). The number of aromatic nitrogens is 1. The van der Waals surface area contributed by atoms with Crippen molar-refractivity contribution in [2.24, 2.45) is 0 Å². The number of hydrogen-bond acceptors (Lipinski definition) is 3. The number of pyridine rings is 1. The molecular weight excluding hydrogens is 210 g/mol. The monoisotopic (exact) mass is 233 g/mol. The molecule has 0 amide bonds. The van der Waals surface area contributed by atoms with Gasteiger partial charge in [-0.1, -0.05) is 13.8 Å². The molecule has 0 unspecified atom stereocenters. The highest BCUT2D eigenvalue weighted by Gasteiger charge is 2.17. The molecule has 0 saturated carbocycles. The van der Waals surface area contributed by atoms with E-state index in [0.29, 0.717) is 0 Å². The molecule has 3 heteroatoms. The van der Waals surface area contributed by atoms with Crippen molar-refractivity contribution in [2.45, 2.75) is 40.3 Å². The first-order chi connectivity index (χ1) is 8.24. The van der Waals surface area contributed by atoms with Crippen LogP contribution in [0.4, 0.5) is 0 Å². The summed E-state index contributed by atoms with van der Waals surface area (Å²) in [6.07, 6.45) is 1.10. The van der Waals surface area contributed by atoms with Crippen LogP contribution in [-0.4, -0.2) is 29.5 Å². The molecule has 1 aromatic heterocycles. The average Bonchev–Trinajstić information content (AvgIpc) is 2.35. The van der Waals surface area contributed by atoms with Crippen LogP contribution in [0.2, 0.25) is 0 Å². The van der Waals surface area contributed by atoms with E-state index in [1.165, 1.54) is 22.5 Å². The molecule has 1 aromatic rings. The quantitative estimate of drug-likeness (QED) is 0.860. The second-order valence-corrected chi connectivity index (χ2v) is 4.74. The molecule has 0 bridgehead atoms. The second-order valence-electron chi connectivity index (χ2n) is 4.74. The molecule has 94 valence electrons. The van der Waals surface area contributed by atoms with E-state index in [9.17, 15) is 0 Å². The zero-order valence-corrected chi connectivity index (χ0v) is 11.2. The Bertz CT molecular complexity index is 387. The van der Waals surface area contributed by atoms with Crippen molar-refractivity contribution in [3.05, 3.63) is 28.6 Å². The Kier molecular flexibility index (Phi) is 4.13. The largest absolute Gasteiger partial charge is 0.313 e. The lowest BCUT2D eigenvalue weighted by Crippen LogP contribution is -2.31. The summed E-state index contributed by atoms with van der Waals surface area (Å²) in [7, 11) is 0. The maximum atomic E-state index is 4.77. The summed E-state index contributed by atoms with van der Waals surface area (Å²) in [4.78, 5) is 7.25. The van der Waals surface area contributed by atoms with Gasteiger partial charge in [0, 0.05) is 37.4 Å². The maximum absolute atomic E-state index is 4.77. The molecule has 0 fully saturated rings. The fourth-order valence-electron chi connectivity index (χ4n) is 2.39. The summed E-state index contributed by atoms with van der Waals surface area (Å²) >= 11 is 0. The summed E-state index contributed by atoms with van der Waals surface area (Å²) < 4.78 is 0. The zero-order valence-electron chi connectivity index (χ0n) is 11.2. The van der Waals surface area contributed by atoms with Crippen molar-refractivity contribution in [3.63, 3.8) is 0 Å². The fraction of sp³-hybridized carbons (Fsp3) is 0.643. The summed E-state index contributed by atoms with van der Waals surface area (Å²) in [6.45, 7) is 11.8. The molecule has 1 aliphatic heterocycles. The van der Waals surface area contributed by atoms with Crippen LogP contribution >= 0.6 is 0 Å². The fourth-order valence-corrected chi connectivity index (χ4v) is 2.39. The van der Waals surface area contributed by atoms with Gasteiger partial charge in [0.15, 0.2) is 0 Å². The molecule has 0 aliphatic carbocycles. The molecule has 2 heterocycles. The molecule has 0 aromatic carbocycles. The minimum atomic E-state index is 0.939. The van der Waals surface area contributed by atoms with Gasteiger partial charge in [-0.05, 0) is 37.2 Å². The van der Waals surface area contributed by atoms with Crippen LogP contribution in [0.3, 0.4) is 0 Å². The van der Waals surface area contributed by atoms with Gasteiger partial charge in [0.05, 0.1) is 0 Å². The Morgan fingerprint density at radius 1 is 1.41 bits per heavy atom. The summed E-state index contributed by atoms with van der Waals surface area (Å²) in [5.41, 5.74) is 5.28. The molecule has 3 nitrogen and oxygen atoms in total. The average molecular weight is 233 g/mol. The van der Waals surface area contributed by atoms with Gasteiger partial charge >= 0.3 is 0 Å². The van der Waals surface area contributed by atoms with E-state index >= 15 is 0 Å². The third-order valence-electron chi connectivity index (χ3n) is 3.56. The van der Waals surface area contributed by atoms with Gasteiger partial charge in [0.25, 0.3) is 0 Å². The number of rotatable bonds is 4. The summed E-state index contributed by atoms with van der Waals surface area (Å²) in [5, 5.41) is 3.38. The number of nitrogens with one attached hydrogen (secondary N) is 1. The maximum Gasteiger partial charge on any atom is 0.0464 e. The molecule has 0 spiro atoms. The lowest BCUT2D eigenvalue weighted by Gasteiger charge is -2.27. The zero-order chi connectivity index (χ0) is 12.3. The summed E-state index contributed by atoms with van der Waals surface area (Å²) in [6, 6.07) is 2.35. The van der Waals surface area contributed by atoms with Crippen LogP contribution in [0.5, 0.6) is 0 Å². The van der Waals surface area contributed by atoms with E-state index in [2.05, 4.69) is 37.1 Å². The van der Waals surface area contributed by atoms with Gasteiger partial charge in [-0.25, -0.2) is 0 Å². The Labute approximate surface area is 104 Å². The van der Waals surface area contributed by atoms with Crippen molar-refractivity contribution < 1.29 is 0 Å². The number of hydrogen-bond donors (Lipinski definition) is 1. The first kappa shape index (κ1) is 12.5. The second kappa shape index (κ2) is 5.61. The Hall–Kier alpha value is -0.930. The highest BCUT2D eigenvalue weighted by molar-refractivity contribution is 5.31. The first-order valence-corrected chi connectivity index (χ1v) is 6.66. The van der Waals surface area contributed by atoms with Gasteiger partial charge in [-0.3, -0.25) is 9.88 Å². The third kappa shape index (κ3) is 2.85. The summed E-state index contributed by atoms with van der Waals surface area (Å²) in [5.74, 6) is 0. The van der Waals surface area contributed by atoms with Gasteiger partial charge in [0.1, 0.15) is 0 Å². The topological polar surface area (TPSA) is 28.2 Å². The van der Waals surface area contributed by atoms with Crippen molar-refractivity contribution >= 4 is 0 Å². The highest BCUT2D eigenvalue weighted by atomic mass is 15.1. The molecular formula is C14H23N3. The SMILES string of the molecule is CCNCc1cc2c(nc1C)CCN(CC)C2. The van der Waals surface area contributed by atoms with Crippen LogP contribution in [0.1, 0.15) is 36.4 Å². The predicted octanol–water partition coefficient (Wildman–Crippen LogP) is 1.88. The van der Waals surface area contributed by atoms with Crippen LogP contribution in [0, 0.1) is 6.92 Å². The smallest absolute Gasteiger partial charge is 0.0464 e. The van der Waals surface area contributed by atoms with Crippen LogP contribution in [0.15, 0.2) is 6.07 Å². The lowest BCUT2D eigenvalue weighted by atomic mass is 10.0. The molecule has 0 saturated heterocycles. The highest BCUT2D eigenvalue weighted by Crippen LogP contribution is 2.20. The van der Waals surface area contributed by atoms with E-state index in [1.54, 1.807) is 0 Å². The first-order valence-electron chi connectivity index (χ1n) is 6.66. The number of fused-ring (bicyclic) bond motifs is 1. The normalized spacial score (nSPS) is 15.9. The van der Waals surface area contributed by atoms with E-state index in [-0.39, 0.29) is 0 Å². The van der Waals surface area contributed by atoms with Gasteiger partial charge in [-0.15, -0.1) is 0 Å². The molecule has 1 N–H and O–H groups in total. The van der Waals surface area contributed by atoms with E-state index in [1.807, 2.05) is 0 Å². The third-order valence-corrected chi connectivity index (χ3v) is 3.56. The molecule has 0 radical (unpaired) electrons. The number of nitrogens with zero attached hydrogens (tertiary/aromatic N) is 2. The standard InChI is InChI=1S/C14H23N3/c1-4-15-9-12-8-13-10-17(5-2)7-6-14(13)16-11(12)3/h8,15H,4-7,9-10H2,1-3H3. The van der Waals surface area contributed by atoms with E-state index in [4.69, 9.17) is 4.98 Å². The van der Waals surface area contributed by atoms with Crippen LogP contribution in [-0.2, 0) is 19.5 Å². The van der Waals surface area contributed by atoms with Crippen molar-refractivity contribution in [1.82, 2.24) is 15.2 Å². The van der Waals surface area contributed by atoms with Crippen molar-refractivity contribution in [1.29, 1.82) is 0 Å². The van der Waals surface area contributed by atoms with Gasteiger partial charge in [0.2, 0.25) is 0 Å². The predicted molar refractivity (Wildman–Crippen MR) is 71.0 cm³/mol. The molecule has 17 heavy (non-hydrogen) atoms. The number of aryl methyl sites for hydroxylation is 1. The van der Waals surface area contributed by atoms with E-state index < -0.39 is 0 Å². The van der Waals surface area contributed by atoms with E-state index in [0.717, 1.165) is 39.1 Å². The Balaban J connectivity index is 2.21. The van der Waals surface area contributed by atoms with Crippen LogP contribution in [0.25, 0.3) is 0 Å². The van der Waals surface area contributed by atoms with Gasteiger partial charge < -0.3 is 5.32 Å². The molecule has 1 aliphatic rings. The van der Waals surface area contributed by atoms with Crippen molar-refractivity contribution in [2.75, 3.05) is 19.6 Å². The molecule has 0 atom stereocenters. The Morgan fingerprint density at radius 3 is 2.94 bits per heavy atom. The Morgan fingerprint density at radius 2 is 2.24 bits per heavy atom. The van der Waals surface area contributed by atoms with Crippen LogP contribution < -0.4 is 5.32 Å². The minimum absolute atomic E-state index is 0.939. The van der Waals surface area contributed by atoms with Crippen molar-refractivity contribution in [3.8, 4) is 0 Å². The minimum Gasteiger partial charge on any atom is -0.313 e. The lowest BCUT2D eigenvalue weighted by molar-refractivity contribution is 0.265.